The maximum atomic E-state index is 12.3. The molecule has 0 atom stereocenters. The van der Waals surface area contributed by atoms with Crippen LogP contribution in [0.4, 0.5) is 0 Å². The molecule has 1 aliphatic carbocycles. The van der Waals surface area contributed by atoms with Crippen LogP contribution in [0.25, 0.3) is 0 Å². The van der Waals surface area contributed by atoms with Crippen LogP contribution in [0.1, 0.15) is 36.4 Å². The van der Waals surface area contributed by atoms with E-state index in [9.17, 15) is 4.79 Å². The lowest BCUT2D eigenvalue weighted by atomic mass is 9.97. The van der Waals surface area contributed by atoms with Gasteiger partial charge in [-0.3, -0.25) is 4.79 Å². The molecule has 27 heavy (non-hydrogen) atoms. The molecule has 0 saturated heterocycles. The van der Waals surface area contributed by atoms with Gasteiger partial charge in [0.25, 0.3) is 0 Å². The molecule has 1 fully saturated rings. The lowest BCUT2D eigenvalue weighted by molar-refractivity contribution is -0.122. The van der Waals surface area contributed by atoms with Gasteiger partial charge in [-0.2, -0.15) is 0 Å². The van der Waals surface area contributed by atoms with Gasteiger partial charge in [0.15, 0.2) is 0 Å². The smallest absolute Gasteiger partial charge is 0.226 e. The second kappa shape index (κ2) is 11.1. The van der Waals surface area contributed by atoms with Gasteiger partial charge >= 0.3 is 0 Å². The molecule has 3 rings (SSSR count). The first-order valence-electron chi connectivity index (χ1n) is 8.41. The monoisotopic (exact) mass is 451 g/mol. The molecule has 3 N–H and O–H groups in total. The lowest BCUT2D eigenvalue weighted by Crippen LogP contribution is -2.52. The number of nitrogens with one attached hydrogen (secondary N) is 1. The van der Waals surface area contributed by atoms with Gasteiger partial charge in [0.2, 0.25) is 5.91 Å². The summed E-state index contributed by atoms with van der Waals surface area (Å²) in [7, 11) is 0. The van der Waals surface area contributed by atoms with E-state index < -0.39 is 0 Å². The van der Waals surface area contributed by atoms with E-state index in [1.807, 2.05) is 17.5 Å². The Bertz CT molecular complexity index is 719. The number of nitrogens with zero attached hydrogens (tertiary/aromatic N) is 1. The van der Waals surface area contributed by atoms with Crippen LogP contribution in [0, 0.1) is 0 Å². The van der Waals surface area contributed by atoms with Crippen LogP contribution in [-0.2, 0) is 17.8 Å². The summed E-state index contributed by atoms with van der Waals surface area (Å²) in [6.45, 7) is 0.872. The molecular formula is C18H24Cl3N3O2S. The van der Waals surface area contributed by atoms with Gasteiger partial charge in [0.1, 0.15) is 17.4 Å². The van der Waals surface area contributed by atoms with E-state index in [1.165, 1.54) is 11.3 Å². The van der Waals surface area contributed by atoms with E-state index in [0.29, 0.717) is 18.2 Å². The standard InChI is InChI=1S/C18H22ClN3O2S.2ClH/c19-13-3-5-15(6-4-13)24-10-17-21-14(11-25-17)9-16(23)22-18(12-20)7-1-2-8-18;;/h3-6,11H,1-2,7-10,12,20H2,(H,22,23);2*1H. The van der Waals surface area contributed by atoms with Gasteiger partial charge in [-0.1, -0.05) is 24.4 Å². The zero-order valence-electron chi connectivity index (χ0n) is 14.8. The third-order valence-electron chi connectivity index (χ3n) is 4.47. The van der Waals surface area contributed by atoms with E-state index in [4.69, 9.17) is 22.1 Å². The SMILES string of the molecule is Cl.Cl.NCC1(NC(=O)Cc2csc(COc3ccc(Cl)cc3)n2)CCCC1. The molecular weight excluding hydrogens is 429 g/mol. The van der Waals surface area contributed by atoms with E-state index in [1.54, 1.807) is 12.1 Å². The molecule has 1 aromatic heterocycles. The highest BCUT2D eigenvalue weighted by Gasteiger charge is 2.33. The van der Waals surface area contributed by atoms with Crippen molar-refractivity contribution in [2.75, 3.05) is 6.54 Å². The van der Waals surface area contributed by atoms with E-state index in [-0.39, 0.29) is 42.7 Å². The van der Waals surface area contributed by atoms with Gasteiger partial charge in [-0.05, 0) is 37.1 Å². The topological polar surface area (TPSA) is 77.2 Å². The number of nitrogens with two attached hydrogens (primary N) is 1. The van der Waals surface area contributed by atoms with Crippen molar-refractivity contribution in [1.82, 2.24) is 10.3 Å². The summed E-state index contributed by atoms with van der Waals surface area (Å²) in [5, 5.41) is 6.54. The number of benzene rings is 1. The number of carbonyl (C=O) groups is 1. The fourth-order valence-electron chi connectivity index (χ4n) is 3.11. The molecule has 1 aliphatic rings. The van der Waals surface area contributed by atoms with Gasteiger partial charge < -0.3 is 15.8 Å². The second-order valence-corrected chi connectivity index (χ2v) is 7.77. The zero-order chi connectivity index (χ0) is 17.7. The Morgan fingerprint density at radius 2 is 1.93 bits per heavy atom. The lowest BCUT2D eigenvalue weighted by Gasteiger charge is -2.28. The molecule has 150 valence electrons. The summed E-state index contributed by atoms with van der Waals surface area (Å²) in [6, 6.07) is 7.20. The Labute approximate surface area is 180 Å². The Hall–Kier alpha value is -1.05. The minimum Gasteiger partial charge on any atom is -0.486 e. The predicted octanol–water partition coefficient (Wildman–Crippen LogP) is 4.15. The molecule has 5 nitrogen and oxygen atoms in total. The largest absolute Gasteiger partial charge is 0.486 e. The first-order valence-corrected chi connectivity index (χ1v) is 9.67. The van der Waals surface area contributed by atoms with Crippen molar-refractivity contribution in [3.05, 3.63) is 45.4 Å². The van der Waals surface area contributed by atoms with Gasteiger partial charge in [0, 0.05) is 16.9 Å². The summed E-state index contributed by atoms with van der Waals surface area (Å²) < 4.78 is 5.68. The first-order chi connectivity index (χ1) is 12.1. The van der Waals surface area contributed by atoms with Crippen LogP contribution in [0.3, 0.4) is 0 Å². The molecule has 0 spiro atoms. The van der Waals surface area contributed by atoms with Crippen molar-refractivity contribution in [1.29, 1.82) is 0 Å². The number of amides is 1. The molecule has 1 heterocycles. The van der Waals surface area contributed by atoms with Gasteiger partial charge in [-0.25, -0.2) is 4.98 Å². The second-order valence-electron chi connectivity index (χ2n) is 6.39. The summed E-state index contributed by atoms with van der Waals surface area (Å²) in [4.78, 5) is 16.8. The van der Waals surface area contributed by atoms with Crippen LogP contribution >= 0.6 is 47.8 Å². The van der Waals surface area contributed by atoms with Crippen LogP contribution < -0.4 is 15.8 Å². The highest BCUT2D eigenvalue weighted by Crippen LogP contribution is 2.28. The summed E-state index contributed by atoms with van der Waals surface area (Å²) in [6.07, 6.45) is 4.46. The Morgan fingerprint density at radius 1 is 1.26 bits per heavy atom. The summed E-state index contributed by atoms with van der Waals surface area (Å²) in [5.74, 6) is 0.729. The van der Waals surface area contributed by atoms with Crippen molar-refractivity contribution in [3.8, 4) is 5.75 Å². The fourth-order valence-corrected chi connectivity index (χ4v) is 3.94. The average molecular weight is 453 g/mol. The van der Waals surface area contributed by atoms with Crippen LogP contribution in [0.15, 0.2) is 29.6 Å². The molecule has 2 aromatic rings. The van der Waals surface area contributed by atoms with E-state index >= 15 is 0 Å². The predicted molar refractivity (Wildman–Crippen MR) is 114 cm³/mol. The molecule has 0 aliphatic heterocycles. The van der Waals surface area contributed by atoms with Crippen LogP contribution in [0.2, 0.25) is 5.02 Å². The highest BCUT2D eigenvalue weighted by molar-refractivity contribution is 7.09. The average Bonchev–Trinajstić information content (AvgIpc) is 3.24. The first kappa shape index (κ1) is 24.0. The van der Waals surface area contributed by atoms with Crippen LogP contribution in [0.5, 0.6) is 5.75 Å². The normalized spacial score (nSPS) is 14.7. The minimum absolute atomic E-state index is 0. The van der Waals surface area contributed by atoms with Crippen molar-refractivity contribution < 1.29 is 9.53 Å². The maximum Gasteiger partial charge on any atom is 0.226 e. The summed E-state index contributed by atoms with van der Waals surface area (Å²) in [5.41, 5.74) is 6.42. The van der Waals surface area contributed by atoms with E-state index in [2.05, 4.69) is 10.3 Å². The molecule has 1 amide bonds. The van der Waals surface area contributed by atoms with Crippen LogP contribution in [-0.4, -0.2) is 23.0 Å². The van der Waals surface area contributed by atoms with Crippen molar-refractivity contribution in [2.45, 2.75) is 44.2 Å². The third kappa shape index (κ3) is 6.80. The van der Waals surface area contributed by atoms with E-state index in [0.717, 1.165) is 42.1 Å². The Morgan fingerprint density at radius 3 is 2.56 bits per heavy atom. The minimum atomic E-state index is -0.215. The number of aromatic nitrogens is 1. The zero-order valence-corrected chi connectivity index (χ0v) is 18.0. The van der Waals surface area contributed by atoms with Gasteiger partial charge in [-0.15, -0.1) is 36.2 Å². The summed E-state index contributed by atoms with van der Waals surface area (Å²) >= 11 is 7.34. The molecule has 9 heteroatoms. The number of rotatable bonds is 7. The van der Waals surface area contributed by atoms with Crippen molar-refractivity contribution >= 4 is 53.7 Å². The molecule has 0 bridgehead atoms. The van der Waals surface area contributed by atoms with Crippen molar-refractivity contribution in [2.24, 2.45) is 5.73 Å². The number of carbonyl (C=O) groups excluding carboxylic acids is 1. The molecule has 0 unspecified atom stereocenters. The number of hydrogen-bond acceptors (Lipinski definition) is 5. The maximum absolute atomic E-state index is 12.3. The third-order valence-corrected chi connectivity index (χ3v) is 5.60. The Balaban J connectivity index is 0.00000182. The highest BCUT2D eigenvalue weighted by atomic mass is 35.5. The van der Waals surface area contributed by atoms with Gasteiger partial charge in [0.05, 0.1) is 17.7 Å². The number of hydrogen-bond donors (Lipinski definition) is 2. The fraction of sp³-hybridized carbons (Fsp3) is 0.444. The number of ether oxygens (including phenoxy) is 1. The quantitative estimate of drug-likeness (QED) is 0.661. The number of halogens is 3. The number of thiazole rings is 1. The molecule has 0 radical (unpaired) electrons. The van der Waals surface area contributed by atoms with Crippen molar-refractivity contribution in [3.63, 3.8) is 0 Å². The Kier molecular flexibility index (Phi) is 9.84. The molecule has 1 saturated carbocycles. The molecule has 1 aromatic carbocycles.